The Morgan fingerprint density at radius 2 is 2.14 bits per heavy atom. The highest BCUT2D eigenvalue weighted by molar-refractivity contribution is 5.93. The molecule has 2 fully saturated rings. The van der Waals surface area contributed by atoms with Crippen molar-refractivity contribution < 1.29 is 9.53 Å². The van der Waals surface area contributed by atoms with Crippen LogP contribution in [0.4, 0.5) is 11.5 Å². The number of hydrogen-bond donors (Lipinski definition) is 1. The molecule has 0 spiro atoms. The molecule has 0 aromatic carbocycles. The van der Waals surface area contributed by atoms with E-state index in [1.54, 1.807) is 6.20 Å². The van der Waals surface area contributed by atoms with E-state index in [1.807, 2.05) is 13.0 Å². The number of nitrogens with zero attached hydrogens (tertiary/aromatic N) is 2. The van der Waals surface area contributed by atoms with Crippen LogP contribution in [0.1, 0.15) is 38.2 Å². The summed E-state index contributed by atoms with van der Waals surface area (Å²) in [6.45, 7) is 6.85. The summed E-state index contributed by atoms with van der Waals surface area (Å²) in [6.07, 6.45) is 6.35. The van der Waals surface area contributed by atoms with Gasteiger partial charge < -0.3 is 15.0 Å². The molecule has 5 heteroatoms. The Morgan fingerprint density at radius 3 is 2.77 bits per heavy atom. The number of ether oxygens (including phenoxy) is 1. The maximum atomic E-state index is 12.3. The minimum Gasteiger partial charge on any atom is -0.378 e. The molecule has 2 atom stereocenters. The van der Waals surface area contributed by atoms with Crippen LogP contribution in [-0.4, -0.2) is 36.7 Å². The fourth-order valence-electron chi connectivity index (χ4n) is 3.38. The van der Waals surface area contributed by atoms with Gasteiger partial charge in [0.15, 0.2) is 0 Å². The molecule has 1 amide bonds. The van der Waals surface area contributed by atoms with Crippen molar-refractivity contribution in [3.05, 3.63) is 17.8 Å². The van der Waals surface area contributed by atoms with Gasteiger partial charge in [-0.2, -0.15) is 0 Å². The average Bonchev–Trinajstić information content (AvgIpc) is 2.94. The third-order valence-electron chi connectivity index (χ3n) is 4.69. The number of aryl methyl sites for hydroxylation is 1. The zero-order valence-corrected chi connectivity index (χ0v) is 13.5. The lowest BCUT2D eigenvalue weighted by Gasteiger charge is -2.29. The quantitative estimate of drug-likeness (QED) is 0.933. The van der Waals surface area contributed by atoms with Gasteiger partial charge in [0.05, 0.1) is 23.9 Å². The molecule has 1 aromatic rings. The maximum Gasteiger partial charge on any atom is 0.230 e. The summed E-state index contributed by atoms with van der Waals surface area (Å²) in [5.41, 5.74) is 1.90. The Bertz CT molecular complexity index is 541. The van der Waals surface area contributed by atoms with Crippen molar-refractivity contribution in [2.24, 2.45) is 5.92 Å². The van der Waals surface area contributed by atoms with E-state index < -0.39 is 0 Å². The van der Waals surface area contributed by atoms with E-state index >= 15 is 0 Å². The molecular formula is C17H25N3O2. The molecule has 22 heavy (non-hydrogen) atoms. The number of amides is 1. The predicted octanol–water partition coefficient (Wildman–Crippen LogP) is 2.74. The number of carbonyl (C=O) groups excluding carboxylic acids is 1. The second-order valence-electron chi connectivity index (χ2n) is 6.37. The van der Waals surface area contributed by atoms with Gasteiger partial charge in [-0.25, -0.2) is 4.98 Å². The van der Waals surface area contributed by atoms with Crippen molar-refractivity contribution in [1.29, 1.82) is 0 Å². The molecule has 0 radical (unpaired) electrons. The first-order valence-electron chi connectivity index (χ1n) is 8.29. The van der Waals surface area contributed by atoms with Crippen molar-refractivity contribution >= 4 is 17.4 Å². The summed E-state index contributed by atoms with van der Waals surface area (Å²) in [4.78, 5) is 19.2. The number of piperidine rings is 1. The topological polar surface area (TPSA) is 54.5 Å². The van der Waals surface area contributed by atoms with Gasteiger partial charge >= 0.3 is 0 Å². The Hall–Kier alpha value is -1.62. The number of aromatic nitrogens is 1. The Morgan fingerprint density at radius 1 is 1.36 bits per heavy atom. The van der Waals surface area contributed by atoms with Crippen molar-refractivity contribution in [3.8, 4) is 0 Å². The van der Waals surface area contributed by atoms with Crippen LogP contribution in [0.15, 0.2) is 12.3 Å². The summed E-state index contributed by atoms with van der Waals surface area (Å²) < 4.78 is 5.46. The number of pyridine rings is 1. The highest BCUT2D eigenvalue weighted by atomic mass is 16.5. The zero-order chi connectivity index (χ0) is 15.5. The van der Waals surface area contributed by atoms with E-state index in [0.717, 1.165) is 36.6 Å². The minimum absolute atomic E-state index is 0.00155. The first-order chi connectivity index (χ1) is 10.6. The molecule has 120 valence electrons. The molecule has 5 nitrogen and oxygen atoms in total. The molecule has 0 bridgehead atoms. The normalized spacial score (nSPS) is 25.3. The first-order valence-corrected chi connectivity index (χ1v) is 8.29. The van der Waals surface area contributed by atoms with Crippen molar-refractivity contribution in [3.63, 3.8) is 0 Å². The number of carbonyl (C=O) groups is 1. The van der Waals surface area contributed by atoms with Crippen LogP contribution < -0.4 is 10.2 Å². The van der Waals surface area contributed by atoms with Crippen LogP contribution in [0, 0.1) is 12.8 Å². The van der Waals surface area contributed by atoms with Gasteiger partial charge in [0.2, 0.25) is 5.91 Å². The summed E-state index contributed by atoms with van der Waals surface area (Å²) in [7, 11) is 0. The lowest BCUT2D eigenvalue weighted by molar-refractivity contribution is -0.121. The maximum absolute atomic E-state index is 12.3. The van der Waals surface area contributed by atoms with Gasteiger partial charge in [-0.1, -0.05) is 0 Å². The third kappa shape index (κ3) is 3.24. The van der Waals surface area contributed by atoms with Gasteiger partial charge in [-0.05, 0) is 51.2 Å². The lowest BCUT2D eigenvalue weighted by atomic mass is 10.0. The fourth-order valence-corrected chi connectivity index (χ4v) is 3.38. The van der Waals surface area contributed by atoms with Crippen LogP contribution >= 0.6 is 0 Å². The second kappa shape index (κ2) is 6.65. The molecule has 0 saturated carbocycles. The van der Waals surface area contributed by atoms with E-state index in [2.05, 4.69) is 22.1 Å². The molecule has 2 unspecified atom stereocenters. The van der Waals surface area contributed by atoms with E-state index in [0.29, 0.717) is 6.61 Å². The summed E-state index contributed by atoms with van der Waals surface area (Å²) in [6, 6.07) is 2.02. The molecule has 2 saturated heterocycles. The Labute approximate surface area is 132 Å². The van der Waals surface area contributed by atoms with Gasteiger partial charge in [0.1, 0.15) is 5.82 Å². The van der Waals surface area contributed by atoms with Gasteiger partial charge in [0.25, 0.3) is 0 Å². The minimum atomic E-state index is -0.0536. The predicted molar refractivity (Wildman–Crippen MR) is 87.2 cm³/mol. The molecule has 1 N–H and O–H groups in total. The Balaban J connectivity index is 1.67. The van der Waals surface area contributed by atoms with Crippen LogP contribution in [-0.2, 0) is 9.53 Å². The highest BCUT2D eigenvalue weighted by Gasteiger charge is 2.30. The van der Waals surface area contributed by atoms with Gasteiger partial charge in [-0.15, -0.1) is 0 Å². The molecule has 2 aliphatic rings. The van der Waals surface area contributed by atoms with Crippen molar-refractivity contribution in [2.75, 3.05) is 29.9 Å². The van der Waals surface area contributed by atoms with E-state index in [1.165, 1.54) is 19.3 Å². The number of nitrogens with one attached hydrogen (secondary N) is 1. The Kier molecular flexibility index (Phi) is 4.62. The summed E-state index contributed by atoms with van der Waals surface area (Å²) >= 11 is 0. The third-order valence-corrected chi connectivity index (χ3v) is 4.69. The number of rotatable bonds is 3. The largest absolute Gasteiger partial charge is 0.378 e. The number of hydrogen-bond acceptors (Lipinski definition) is 4. The second-order valence-corrected chi connectivity index (χ2v) is 6.37. The SMILES string of the molecule is Cc1cc(NC(=O)C2CCOC2C)cnc1N1CCCCC1. The summed E-state index contributed by atoms with van der Waals surface area (Å²) in [5, 5.41) is 2.99. The smallest absolute Gasteiger partial charge is 0.230 e. The first kappa shape index (κ1) is 15.3. The standard InChI is InChI=1S/C17H25N3O2/c1-12-10-14(19-17(21)15-6-9-22-13(15)2)11-18-16(12)20-7-4-3-5-8-20/h10-11,13,15H,3-9H2,1-2H3,(H,19,21). The van der Waals surface area contributed by atoms with Crippen LogP contribution in [0.25, 0.3) is 0 Å². The van der Waals surface area contributed by atoms with Crippen LogP contribution in [0.2, 0.25) is 0 Å². The molecule has 3 rings (SSSR count). The molecule has 0 aliphatic carbocycles. The molecule has 2 aliphatic heterocycles. The lowest BCUT2D eigenvalue weighted by Crippen LogP contribution is -2.31. The van der Waals surface area contributed by atoms with Crippen LogP contribution in [0.5, 0.6) is 0 Å². The monoisotopic (exact) mass is 303 g/mol. The molecule has 1 aromatic heterocycles. The van der Waals surface area contributed by atoms with Gasteiger partial charge in [-0.3, -0.25) is 4.79 Å². The van der Waals surface area contributed by atoms with Crippen LogP contribution in [0.3, 0.4) is 0 Å². The molecule has 3 heterocycles. The van der Waals surface area contributed by atoms with E-state index in [9.17, 15) is 4.79 Å². The summed E-state index contributed by atoms with van der Waals surface area (Å²) in [5.74, 6) is 1.04. The van der Waals surface area contributed by atoms with E-state index in [4.69, 9.17) is 4.74 Å². The van der Waals surface area contributed by atoms with Crippen molar-refractivity contribution in [1.82, 2.24) is 4.98 Å². The van der Waals surface area contributed by atoms with Crippen molar-refractivity contribution in [2.45, 2.75) is 45.6 Å². The number of anilines is 2. The highest BCUT2D eigenvalue weighted by Crippen LogP contribution is 2.25. The molecular weight excluding hydrogens is 278 g/mol. The van der Waals surface area contributed by atoms with Gasteiger partial charge in [0, 0.05) is 19.7 Å². The fraction of sp³-hybridized carbons (Fsp3) is 0.647. The zero-order valence-electron chi connectivity index (χ0n) is 13.5. The average molecular weight is 303 g/mol. The van der Waals surface area contributed by atoms with E-state index in [-0.39, 0.29) is 17.9 Å².